The summed E-state index contributed by atoms with van der Waals surface area (Å²) in [5, 5.41) is 0. The fourth-order valence-corrected chi connectivity index (χ4v) is 0.516. The molecular weight excluding hydrogens is 178 g/mol. The molecule has 0 aliphatic rings. The van der Waals surface area contributed by atoms with Crippen molar-refractivity contribution in [3.63, 3.8) is 0 Å². The van der Waals surface area contributed by atoms with Gasteiger partial charge in [-0.1, -0.05) is 13.8 Å². The first kappa shape index (κ1) is 11.4. The maximum absolute atomic E-state index is 10.9. The number of hydrogen-bond acceptors (Lipinski definition) is 5. The predicted octanol–water partition coefficient (Wildman–Crippen LogP) is -0.0307. The summed E-state index contributed by atoms with van der Waals surface area (Å²) in [6.45, 7) is 3.28. The molecule has 5 heteroatoms. The van der Waals surface area contributed by atoms with E-state index in [1.807, 2.05) is 0 Å². The third kappa shape index (κ3) is 3.73. The maximum Gasteiger partial charge on any atom is 0.331 e. The van der Waals surface area contributed by atoms with E-state index in [4.69, 9.17) is 5.73 Å². The molecule has 0 bridgehead atoms. The Bertz CT molecular complexity index is 181. The van der Waals surface area contributed by atoms with Gasteiger partial charge in [-0.2, -0.15) is 12.6 Å². The topological polar surface area (TPSA) is 69.4 Å². The third-order valence-electron chi connectivity index (χ3n) is 1.17. The Kier molecular flexibility index (Phi) is 4.92. The molecule has 0 aromatic heterocycles. The van der Waals surface area contributed by atoms with Gasteiger partial charge in [-0.15, -0.1) is 0 Å². The van der Waals surface area contributed by atoms with Gasteiger partial charge in [0.2, 0.25) is 0 Å². The summed E-state index contributed by atoms with van der Waals surface area (Å²) in [6.07, 6.45) is 0. The molecule has 0 heterocycles. The van der Waals surface area contributed by atoms with Gasteiger partial charge in [0.15, 0.2) is 0 Å². The van der Waals surface area contributed by atoms with Crippen molar-refractivity contribution < 1.29 is 14.3 Å². The minimum Gasteiger partial charge on any atom is -0.392 e. The highest BCUT2D eigenvalue weighted by Crippen LogP contribution is 1.98. The molecule has 2 N–H and O–H groups in total. The van der Waals surface area contributed by atoms with Crippen LogP contribution in [-0.4, -0.2) is 23.7 Å². The fraction of sp³-hybridized carbons (Fsp3) is 0.714. The number of rotatable bonds is 3. The average molecular weight is 191 g/mol. The van der Waals surface area contributed by atoms with Crippen LogP contribution in [0.3, 0.4) is 0 Å². The lowest BCUT2D eigenvalue weighted by Gasteiger charge is -2.08. The largest absolute Gasteiger partial charge is 0.392 e. The van der Waals surface area contributed by atoms with E-state index in [1.54, 1.807) is 13.8 Å². The van der Waals surface area contributed by atoms with E-state index >= 15 is 0 Å². The minimum atomic E-state index is -0.823. The molecule has 12 heavy (non-hydrogen) atoms. The molecule has 4 nitrogen and oxygen atoms in total. The monoisotopic (exact) mass is 191 g/mol. The van der Waals surface area contributed by atoms with Crippen LogP contribution in [0.2, 0.25) is 0 Å². The van der Waals surface area contributed by atoms with Gasteiger partial charge < -0.3 is 10.5 Å². The molecule has 0 aromatic rings. The summed E-state index contributed by atoms with van der Waals surface area (Å²) >= 11 is 3.79. The van der Waals surface area contributed by atoms with Crippen molar-refractivity contribution in [2.24, 2.45) is 11.7 Å². The van der Waals surface area contributed by atoms with Crippen LogP contribution in [0.5, 0.6) is 0 Å². The highest BCUT2D eigenvalue weighted by atomic mass is 32.1. The molecule has 0 aliphatic carbocycles. The van der Waals surface area contributed by atoms with Crippen molar-refractivity contribution in [3.05, 3.63) is 0 Å². The number of hydrogen-bond donors (Lipinski definition) is 2. The summed E-state index contributed by atoms with van der Waals surface area (Å²) in [6, 6.07) is -0.823. The first-order valence-corrected chi connectivity index (χ1v) is 4.24. The second-order valence-corrected chi connectivity index (χ2v) is 3.05. The highest BCUT2D eigenvalue weighted by Gasteiger charge is 2.18. The average Bonchev–Trinajstić information content (AvgIpc) is 2.02. The molecular formula is C7H13NO3S. The Morgan fingerprint density at radius 1 is 1.42 bits per heavy atom. The zero-order valence-corrected chi connectivity index (χ0v) is 8.01. The van der Waals surface area contributed by atoms with Crippen molar-refractivity contribution in [1.82, 2.24) is 0 Å². The van der Waals surface area contributed by atoms with Crippen LogP contribution in [0.15, 0.2) is 0 Å². The van der Waals surface area contributed by atoms with Gasteiger partial charge in [0.05, 0.1) is 5.92 Å². The lowest BCUT2D eigenvalue weighted by atomic mass is 10.2. The van der Waals surface area contributed by atoms with Crippen molar-refractivity contribution in [2.45, 2.75) is 19.9 Å². The summed E-state index contributed by atoms with van der Waals surface area (Å²) in [7, 11) is 0. The molecule has 0 radical (unpaired) electrons. The van der Waals surface area contributed by atoms with Crippen LogP contribution in [-0.2, 0) is 14.3 Å². The Labute approximate surface area is 76.9 Å². The first-order valence-electron chi connectivity index (χ1n) is 3.61. The number of carbonyl (C=O) groups is 2. The van der Waals surface area contributed by atoms with Crippen LogP contribution in [0.4, 0.5) is 0 Å². The second kappa shape index (κ2) is 5.16. The van der Waals surface area contributed by atoms with E-state index in [9.17, 15) is 9.59 Å². The van der Waals surface area contributed by atoms with Crippen LogP contribution in [0.25, 0.3) is 0 Å². The van der Waals surface area contributed by atoms with Gasteiger partial charge in [-0.3, -0.25) is 4.79 Å². The van der Waals surface area contributed by atoms with Crippen molar-refractivity contribution in [2.75, 3.05) is 5.75 Å². The van der Waals surface area contributed by atoms with Gasteiger partial charge in [0.25, 0.3) is 0 Å². The molecule has 0 amide bonds. The summed E-state index contributed by atoms with van der Waals surface area (Å²) < 4.78 is 4.41. The molecule has 0 fully saturated rings. The van der Waals surface area contributed by atoms with Crippen molar-refractivity contribution in [1.29, 1.82) is 0 Å². The zero-order valence-electron chi connectivity index (χ0n) is 7.11. The second-order valence-electron chi connectivity index (χ2n) is 2.68. The molecule has 1 atom stereocenters. The van der Waals surface area contributed by atoms with E-state index in [0.29, 0.717) is 0 Å². The first-order chi connectivity index (χ1) is 5.49. The quantitative estimate of drug-likeness (QED) is 0.373. The van der Waals surface area contributed by atoms with Crippen LogP contribution in [0.1, 0.15) is 13.8 Å². The van der Waals surface area contributed by atoms with Gasteiger partial charge in [0, 0.05) is 5.75 Å². The van der Waals surface area contributed by atoms with Gasteiger partial charge in [-0.25, -0.2) is 4.79 Å². The predicted molar refractivity (Wildman–Crippen MR) is 47.8 cm³/mol. The molecule has 0 aromatic carbocycles. The number of nitrogens with two attached hydrogens (primary N) is 1. The maximum atomic E-state index is 10.9. The van der Waals surface area contributed by atoms with Gasteiger partial charge in [0.1, 0.15) is 6.04 Å². The number of ether oxygens (including phenoxy) is 1. The van der Waals surface area contributed by atoms with Crippen LogP contribution < -0.4 is 5.73 Å². The van der Waals surface area contributed by atoms with E-state index in [2.05, 4.69) is 17.4 Å². The summed E-state index contributed by atoms with van der Waals surface area (Å²) in [4.78, 5) is 21.7. The number of thiol groups is 1. The van der Waals surface area contributed by atoms with E-state index < -0.39 is 18.0 Å². The Morgan fingerprint density at radius 3 is 2.25 bits per heavy atom. The molecule has 0 rings (SSSR count). The SMILES string of the molecule is CC(C)C(=O)OC(=O)[C@@H](N)CS. The van der Waals surface area contributed by atoms with E-state index in [1.165, 1.54) is 0 Å². The molecule has 0 saturated heterocycles. The molecule has 0 aliphatic heterocycles. The van der Waals surface area contributed by atoms with Gasteiger partial charge >= 0.3 is 11.9 Å². The zero-order chi connectivity index (χ0) is 9.72. The van der Waals surface area contributed by atoms with Gasteiger partial charge in [-0.05, 0) is 0 Å². The number of carbonyl (C=O) groups excluding carboxylic acids is 2. The van der Waals surface area contributed by atoms with Crippen LogP contribution in [0, 0.1) is 5.92 Å². The fourth-order valence-electron chi connectivity index (χ4n) is 0.367. The molecule has 0 spiro atoms. The highest BCUT2D eigenvalue weighted by molar-refractivity contribution is 7.80. The molecule has 70 valence electrons. The smallest absolute Gasteiger partial charge is 0.331 e. The third-order valence-corrected chi connectivity index (χ3v) is 1.57. The van der Waals surface area contributed by atoms with E-state index in [-0.39, 0.29) is 11.7 Å². The van der Waals surface area contributed by atoms with Crippen LogP contribution >= 0.6 is 12.6 Å². The molecule has 0 unspecified atom stereocenters. The summed E-state index contributed by atoms with van der Waals surface area (Å²) in [5.74, 6) is -1.42. The Morgan fingerprint density at radius 2 is 1.92 bits per heavy atom. The van der Waals surface area contributed by atoms with Crippen molar-refractivity contribution >= 4 is 24.6 Å². The van der Waals surface area contributed by atoms with E-state index in [0.717, 1.165) is 0 Å². The molecule has 0 saturated carbocycles. The Hall–Kier alpha value is -0.550. The standard InChI is InChI=1S/C7H13NO3S/c1-4(2)6(9)11-7(10)5(8)3-12/h4-5,12H,3,8H2,1-2H3/t5-/m0/s1. The van der Waals surface area contributed by atoms with Crippen molar-refractivity contribution in [3.8, 4) is 0 Å². The number of esters is 2. The normalized spacial score (nSPS) is 12.8. The lowest BCUT2D eigenvalue weighted by Crippen LogP contribution is -2.36. The lowest BCUT2D eigenvalue weighted by molar-refractivity contribution is -0.162. The summed E-state index contributed by atoms with van der Waals surface area (Å²) in [5.41, 5.74) is 5.26. The Balaban J connectivity index is 3.93. The minimum absolute atomic E-state index is 0.171.